The Morgan fingerprint density at radius 1 is 1.08 bits per heavy atom. The summed E-state index contributed by atoms with van der Waals surface area (Å²) in [5.41, 5.74) is 1.95. The number of sulfonamides is 1. The van der Waals surface area contributed by atoms with Crippen LogP contribution in [0.15, 0.2) is 24.3 Å². The summed E-state index contributed by atoms with van der Waals surface area (Å²) in [6.45, 7) is 7.48. The highest BCUT2D eigenvalue weighted by molar-refractivity contribution is 7.88. The van der Waals surface area contributed by atoms with E-state index in [-0.39, 0.29) is 0 Å². The van der Waals surface area contributed by atoms with Gasteiger partial charge in [0, 0.05) is 39.3 Å². The molecule has 0 aromatic heterocycles. The molecule has 7 heteroatoms. The van der Waals surface area contributed by atoms with Crippen LogP contribution in [0.2, 0.25) is 0 Å². The van der Waals surface area contributed by atoms with E-state index in [0.717, 1.165) is 52.1 Å². The summed E-state index contributed by atoms with van der Waals surface area (Å²) < 4.78 is 25.0. The van der Waals surface area contributed by atoms with Gasteiger partial charge in [-0.05, 0) is 49.5 Å². The van der Waals surface area contributed by atoms with Crippen molar-refractivity contribution in [2.24, 2.45) is 5.92 Å². The molecular weight excluding hydrogens is 348 g/mol. The second-order valence-corrected chi connectivity index (χ2v) is 9.50. The Morgan fingerprint density at radius 3 is 2.42 bits per heavy atom. The van der Waals surface area contributed by atoms with Crippen LogP contribution < -0.4 is 0 Å². The molecule has 2 aliphatic rings. The molecule has 1 unspecified atom stereocenters. The van der Waals surface area contributed by atoms with Gasteiger partial charge in [-0.2, -0.15) is 5.26 Å². The lowest BCUT2D eigenvalue weighted by atomic mass is 10.1. The first-order valence-corrected chi connectivity index (χ1v) is 11.2. The van der Waals surface area contributed by atoms with E-state index in [1.807, 2.05) is 24.3 Å². The van der Waals surface area contributed by atoms with Crippen molar-refractivity contribution in [2.45, 2.75) is 19.4 Å². The van der Waals surface area contributed by atoms with Gasteiger partial charge in [0.1, 0.15) is 0 Å². The molecule has 2 saturated heterocycles. The Labute approximate surface area is 157 Å². The number of benzene rings is 1. The summed E-state index contributed by atoms with van der Waals surface area (Å²) in [7, 11) is -3.05. The number of hydrogen-bond acceptors (Lipinski definition) is 5. The Kier molecular flexibility index (Phi) is 6.30. The zero-order chi connectivity index (χ0) is 18.6. The summed E-state index contributed by atoms with van der Waals surface area (Å²) in [5.74, 6) is 0.454. The first-order chi connectivity index (χ1) is 12.4. The third-order valence-electron chi connectivity index (χ3n) is 5.40. The van der Waals surface area contributed by atoms with E-state index < -0.39 is 10.0 Å². The van der Waals surface area contributed by atoms with E-state index in [1.54, 1.807) is 4.31 Å². The maximum Gasteiger partial charge on any atom is 0.211 e. The number of nitrogens with zero attached hydrogens (tertiary/aromatic N) is 4. The summed E-state index contributed by atoms with van der Waals surface area (Å²) in [6, 6.07) is 10.0. The van der Waals surface area contributed by atoms with Crippen LogP contribution in [0.3, 0.4) is 0 Å². The number of nitriles is 1. The van der Waals surface area contributed by atoms with Crippen LogP contribution in [0.1, 0.15) is 24.0 Å². The smallest absolute Gasteiger partial charge is 0.211 e. The fourth-order valence-corrected chi connectivity index (χ4v) is 4.84. The van der Waals surface area contributed by atoms with Crippen molar-refractivity contribution in [3.05, 3.63) is 35.4 Å². The summed E-state index contributed by atoms with van der Waals surface area (Å²) in [6.07, 6.45) is 3.42. The van der Waals surface area contributed by atoms with Gasteiger partial charge >= 0.3 is 0 Å². The highest BCUT2D eigenvalue weighted by atomic mass is 32.2. The molecule has 6 nitrogen and oxygen atoms in total. The lowest BCUT2D eigenvalue weighted by molar-refractivity contribution is 0.228. The summed E-state index contributed by atoms with van der Waals surface area (Å²) >= 11 is 0. The van der Waals surface area contributed by atoms with Gasteiger partial charge < -0.3 is 4.90 Å². The molecule has 26 heavy (non-hydrogen) atoms. The molecule has 142 valence electrons. The highest BCUT2D eigenvalue weighted by Gasteiger charge is 2.30. The molecule has 0 radical (unpaired) electrons. The van der Waals surface area contributed by atoms with E-state index in [0.29, 0.717) is 24.6 Å². The summed E-state index contributed by atoms with van der Waals surface area (Å²) in [4.78, 5) is 4.97. The van der Waals surface area contributed by atoms with E-state index >= 15 is 0 Å². The molecular formula is C19H28N4O2S. The van der Waals surface area contributed by atoms with E-state index in [4.69, 9.17) is 5.26 Å². The van der Waals surface area contributed by atoms with Gasteiger partial charge in [0.15, 0.2) is 0 Å². The van der Waals surface area contributed by atoms with Crippen LogP contribution in [0.4, 0.5) is 0 Å². The van der Waals surface area contributed by atoms with Gasteiger partial charge in [-0.15, -0.1) is 0 Å². The van der Waals surface area contributed by atoms with Crippen LogP contribution in [-0.2, 0) is 16.6 Å². The molecule has 0 N–H and O–H groups in total. The van der Waals surface area contributed by atoms with E-state index in [9.17, 15) is 8.42 Å². The van der Waals surface area contributed by atoms with Gasteiger partial charge in [-0.1, -0.05) is 12.1 Å². The lowest BCUT2D eigenvalue weighted by Crippen LogP contribution is -2.35. The van der Waals surface area contributed by atoms with Crippen LogP contribution in [-0.4, -0.2) is 74.6 Å². The Bertz CT molecular complexity index is 742. The molecule has 2 fully saturated rings. The van der Waals surface area contributed by atoms with Crippen LogP contribution >= 0.6 is 0 Å². The van der Waals surface area contributed by atoms with Crippen molar-refractivity contribution in [2.75, 3.05) is 52.1 Å². The largest absolute Gasteiger partial charge is 0.302 e. The van der Waals surface area contributed by atoms with E-state index in [2.05, 4.69) is 15.9 Å². The molecule has 1 aromatic rings. The number of rotatable bonds is 5. The molecule has 0 saturated carbocycles. The summed E-state index contributed by atoms with van der Waals surface area (Å²) in [5, 5.41) is 8.89. The Hall–Kier alpha value is -1.46. The first kappa shape index (κ1) is 19.3. The van der Waals surface area contributed by atoms with Crippen LogP contribution in [0.5, 0.6) is 0 Å². The standard InChI is InChI=1S/C19H28N4O2S/c1-26(24,25)23-10-7-19(16-23)15-22-9-2-8-21(11-12-22)14-18-5-3-17(13-20)4-6-18/h3-6,19H,2,7-12,14-16H2,1H3. The van der Waals surface area contributed by atoms with Crippen molar-refractivity contribution in [1.82, 2.24) is 14.1 Å². The fraction of sp³-hybridized carbons (Fsp3) is 0.632. The average molecular weight is 377 g/mol. The first-order valence-electron chi connectivity index (χ1n) is 9.33. The van der Waals surface area contributed by atoms with Crippen molar-refractivity contribution < 1.29 is 8.42 Å². The predicted molar refractivity (Wildman–Crippen MR) is 102 cm³/mol. The lowest BCUT2D eigenvalue weighted by Gasteiger charge is -2.24. The molecule has 0 bridgehead atoms. The normalized spacial score (nSPS) is 23.6. The third kappa shape index (κ3) is 5.27. The molecule has 2 heterocycles. The molecule has 1 aromatic carbocycles. The highest BCUT2D eigenvalue weighted by Crippen LogP contribution is 2.20. The zero-order valence-electron chi connectivity index (χ0n) is 15.5. The molecule has 0 spiro atoms. The Morgan fingerprint density at radius 2 is 1.77 bits per heavy atom. The van der Waals surface area contributed by atoms with Crippen molar-refractivity contribution >= 4 is 10.0 Å². The fourth-order valence-electron chi connectivity index (χ4n) is 3.92. The Balaban J connectivity index is 1.47. The number of hydrogen-bond donors (Lipinski definition) is 0. The quantitative estimate of drug-likeness (QED) is 0.776. The van der Waals surface area contributed by atoms with Crippen molar-refractivity contribution in [3.63, 3.8) is 0 Å². The van der Waals surface area contributed by atoms with Crippen molar-refractivity contribution in [1.29, 1.82) is 5.26 Å². The second-order valence-electron chi connectivity index (χ2n) is 7.51. The SMILES string of the molecule is CS(=O)(=O)N1CCC(CN2CCCN(Cc3ccc(C#N)cc3)CC2)C1. The minimum Gasteiger partial charge on any atom is -0.302 e. The van der Waals surface area contributed by atoms with Gasteiger partial charge in [-0.3, -0.25) is 4.90 Å². The van der Waals surface area contributed by atoms with Crippen LogP contribution in [0, 0.1) is 17.2 Å². The maximum atomic E-state index is 11.7. The van der Waals surface area contributed by atoms with Gasteiger partial charge in [-0.25, -0.2) is 12.7 Å². The molecule has 1 atom stereocenters. The second kappa shape index (κ2) is 8.49. The van der Waals surface area contributed by atoms with Crippen molar-refractivity contribution in [3.8, 4) is 6.07 Å². The average Bonchev–Trinajstić information content (AvgIpc) is 2.98. The van der Waals surface area contributed by atoms with Gasteiger partial charge in [0.05, 0.1) is 17.9 Å². The minimum absolute atomic E-state index is 0.454. The maximum absolute atomic E-state index is 11.7. The predicted octanol–water partition coefficient (Wildman–Crippen LogP) is 1.35. The van der Waals surface area contributed by atoms with Gasteiger partial charge in [0.25, 0.3) is 0 Å². The van der Waals surface area contributed by atoms with E-state index in [1.165, 1.54) is 11.8 Å². The third-order valence-corrected chi connectivity index (χ3v) is 6.67. The topological polar surface area (TPSA) is 67.7 Å². The molecule has 0 amide bonds. The molecule has 3 rings (SSSR count). The zero-order valence-corrected chi connectivity index (χ0v) is 16.3. The molecule has 0 aliphatic carbocycles. The molecule has 2 aliphatic heterocycles. The van der Waals surface area contributed by atoms with Crippen LogP contribution in [0.25, 0.3) is 0 Å². The monoisotopic (exact) mass is 376 g/mol. The van der Waals surface area contributed by atoms with Gasteiger partial charge in [0.2, 0.25) is 10.0 Å². The minimum atomic E-state index is -3.05.